The normalized spacial score (nSPS) is 9.67. The second-order valence-corrected chi connectivity index (χ2v) is 1.11. The third kappa shape index (κ3) is 81.0. The van der Waals surface area contributed by atoms with Crippen molar-refractivity contribution in [3.63, 3.8) is 0 Å². The Morgan fingerprint density at radius 2 is 1.89 bits per heavy atom. The van der Waals surface area contributed by atoms with Crippen LogP contribution in [0.1, 0.15) is 6.92 Å². The summed E-state index contributed by atoms with van der Waals surface area (Å²) in [6.07, 6.45) is -0.560. The molecule has 0 radical (unpaired) electrons. The fraction of sp³-hybridized carbons (Fsp3) is 1.00. The van der Waals surface area contributed by atoms with Crippen molar-refractivity contribution in [1.82, 2.24) is 0 Å². The van der Waals surface area contributed by atoms with Crippen molar-refractivity contribution in [2.45, 2.75) is 13.0 Å². The molecule has 1 atom stereocenters. The Hall–Kier alpha value is -0.200. The van der Waals surface area contributed by atoms with Gasteiger partial charge in [-0.2, -0.15) is 0 Å². The highest BCUT2D eigenvalue weighted by Gasteiger charge is 1.83. The van der Waals surface area contributed by atoms with Crippen LogP contribution < -0.4 is 22.3 Å². The van der Waals surface area contributed by atoms with E-state index >= 15 is 0 Å². The third-order valence-corrected chi connectivity index (χ3v) is 0.264. The average Bonchev–Trinajstić information content (AvgIpc) is 1.69. The van der Waals surface area contributed by atoms with Crippen molar-refractivity contribution in [1.29, 1.82) is 0 Å². The minimum absolute atomic E-state index is 0. The molecule has 0 heterocycles. The maximum absolute atomic E-state index is 8.12. The van der Waals surface area contributed by atoms with Crippen LogP contribution in [0.15, 0.2) is 0 Å². The lowest BCUT2D eigenvalue weighted by Crippen LogP contribution is -3.00. The van der Waals surface area contributed by atoms with Gasteiger partial charge in [0, 0.05) is 5.34 Å². The number of nitrogens with one attached hydrogen (secondary N) is 1. The maximum atomic E-state index is 8.12. The van der Waals surface area contributed by atoms with Crippen LogP contribution in [0.2, 0.25) is 0 Å². The smallest absolute Gasteiger partial charge is 0.0742 e. The molecule has 3 N–H and O–H groups in total. The Bertz CT molecular complexity index is 51.1. The van der Waals surface area contributed by atoms with Gasteiger partial charge in [-0.05, 0) is 6.92 Å². The first-order chi connectivity index (χ1) is 3.68. The summed E-state index contributed by atoms with van der Waals surface area (Å²) < 4.78 is 0. The number of aliphatic hydroxyl groups excluding tert-OH is 2. The standard InChI is InChI=1S/C3H8O2.BrH.HNO2/c1-3(5)2-4;;2-1-3/h3-5H,2H2,1H3;1H;1H/p-1. The molecule has 6 heteroatoms. The van der Waals surface area contributed by atoms with E-state index in [4.69, 9.17) is 20.3 Å². The molecule has 0 amide bonds. The second kappa shape index (κ2) is 15.7. The molecule has 0 aromatic rings. The quantitative estimate of drug-likeness (QED) is 0.293. The average molecular weight is 203 g/mol. The van der Waals surface area contributed by atoms with E-state index in [-0.39, 0.29) is 28.9 Å². The topological polar surface area (TPSA) is 94.6 Å². The van der Waals surface area contributed by atoms with Crippen molar-refractivity contribution in [3.05, 3.63) is 10.1 Å². The summed E-state index contributed by atoms with van der Waals surface area (Å²) in [7, 11) is 0. The van der Waals surface area contributed by atoms with Crippen molar-refractivity contribution in [2.75, 3.05) is 6.61 Å². The van der Waals surface area contributed by atoms with Crippen molar-refractivity contribution < 1.29 is 32.5 Å². The summed E-state index contributed by atoms with van der Waals surface area (Å²) in [6.45, 7) is 1.39. The molecule has 0 rings (SSSR count). The lowest BCUT2D eigenvalue weighted by atomic mass is 10.5. The number of rotatable bonds is 1. The molecule has 1 unspecified atom stereocenters. The van der Waals surface area contributed by atoms with Gasteiger partial charge in [-0.25, -0.2) is 0 Å². The van der Waals surface area contributed by atoms with E-state index in [1.165, 1.54) is 6.92 Å². The zero-order valence-corrected chi connectivity index (χ0v) is 6.46. The van der Waals surface area contributed by atoms with Crippen molar-refractivity contribution in [2.24, 2.45) is 0 Å². The van der Waals surface area contributed by atoms with Gasteiger partial charge in [0.05, 0.1) is 12.7 Å². The molecular formula is C3H9BrNO4-. The second-order valence-electron chi connectivity index (χ2n) is 1.11. The molecule has 0 saturated carbocycles. The molecule has 0 aromatic heterocycles. The molecule has 9 heavy (non-hydrogen) atoms. The van der Waals surface area contributed by atoms with E-state index in [0.717, 1.165) is 0 Å². The van der Waals surface area contributed by atoms with Crippen LogP contribution in [-0.2, 0) is 0 Å². The van der Waals surface area contributed by atoms with Gasteiger partial charge in [-0.15, -0.1) is 0 Å². The maximum Gasteiger partial charge on any atom is 0.0742 e. The highest BCUT2D eigenvalue weighted by Crippen LogP contribution is 1.68. The molecule has 0 aliphatic carbocycles. The zero-order valence-electron chi connectivity index (χ0n) is 4.87. The van der Waals surface area contributed by atoms with Crippen LogP contribution in [0.5, 0.6) is 0 Å². The van der Waals surface area contributed by atoms with E-state index in [2.05, 4.69) is 0 Å². The van der Waals surface area contributed by atoms with E-state index in [1.807, 2.05) is 0 Å². The lowest BCUT2D eigenvalue weighted by Gasteiger charge is -1.90. The Morgan fingerprint density at radius 1 is 1.78 bits per heavy atom. The third-order valence-electron chi connectivity index (χ3n) is 0.264. The van der Waals surface area contributed by atoms with Gasteiger partial charge < -0.3 is 27.2 Å². The van der Waals surface area contributed by atoms with Crippen LogP contribution in [0.25, 0.3) is 0 Å². The zero-order chi connectivity index (χ0) is 6.99. The van der Waals surface area contributed by atoms with Gasteiger partial charge >= 0.3 is 0 Å². The first-order valence-electron chi connectivity index (χ1n) is 1.97. The molecular weight excluding hydrogens is 194 g/mol. The van der Waals surface area contributed by atoms with Crippen LogP contribution in [0.3, 0.4) is 0 Å². The van der Waals surface area contributed by atoms with E-state index in [9.17, 15) is 0 Å². The largest absolute Gasteiger partial charge is 1.00 e. The molecule has 5 nitrogen and oxygen atoms in total. The molecule has 0 aliphatic heterocycles. The number of aliphatic hydroxyl groups is 2. The minimum atomic E-state index is -0.560. The van der Waals surface area contributed by atoms with Gasteiger partial charge in [-0.1, -0.05) is 0 Å². The summed E-state index contributed by atoms with van der Waals surface area (Å²) in [5, 5.41) is 24.4. The van der Waals surface area contributed by atoms with E-state index in [1.54, 1.807) is 0 Å². The summed E-state index contributed by atoms with van der Waals surface area (Å²) >= 11 is 0. The molecule has 58 valence electrons. The molecule has 0 fully saturated rings. The fourth-order valence-electron chi connectivity index (χ4n) is 0. The number of hydrogen-bond donors (Lipinski definition) is 3. The summed E-state index contributed by atoms with van der Waals surface area (Å²) in [5.74, 6) is 0. The van der Waals surface area contributed by atoms with Crippen LogP contribution in [0.4, 0.5) is 0 Å². The Kier molecular flexibility index (Phi) is 27.7. The van der Waals surface area contributed by atoms with Crippen LogP contribution in [0, 0.1) is 10.1 Å². The SMILES string of the molecule is CC(O)CO.O=[NH+][O-].[Br-]. The highest BCUT2D eigenvalue weighted by molar-refractivity contribution is 4.33. The van der Waals surface area contributed by atoms with E-state index < -0.39 is 6.10 Å². The van der Waals surface area contributed by atoms with Crippen molar-refractivity contribution in [3.8, 4) is 0 Å². The van der Waals surface area contributed by atoms with Crippen LogP contribution in [-0.4, -0.2) is 22.9 Å². The van der Waals surface area contributed by atoms with Gasteiger partial charge in [0.15, 0.2) is 0 Å². The lowest BCUT2D eigenvalue weighted by molar-refractivity contribution is -0.398. The Morgan fingerprint density at radius 3 is 1.89 bits per heavy atom. The summed E-state index contributed by atoms with van der Waals surface area (Å²) in [4.78, 5) is 8.12. The molecule has 0 aromatic carbocycles. The summed E-state index contributed by atoms with van der Waals surface area (Å²) in [6, 6.07) is 0. The molecule has 0 spiro atoms. The van der Waals surface area contributed by atoms with Gasteiger partial charge in [0.1, 0.15) is 0 Å². The fourth-order valence-corrected chi connectivity index (χ4v) is 0. The highest BCUT2D eigenvalue weighted by atomic mass is 79.9. The summed E-state index contributed by atoms with van der Waals surface area (Å²) in [5.41, 5.74) is 0. The van der Waals surface area contributed by atoms with Crippen molar-refractivity contribution >= 4 is 0 Å². The number of halogens is 1. The molecule has 0 bridgehead atoms. The molecule has 0 saturated heterocycles. The monoisotopic (exact) mass is 202 g/mol. The minimum Gasteiger partial charge on any atom is -1.00 e. The Labute approximate surface area is 63.0 Å². The predicted molar refractivity (Wildman–Crippen MR) is 26.5 cm³/mol. The Balaban J connectivity index is -0.0000000800. The molecule has 0 aliphatic rings. The van der Waals surface area contributed by atoms with Gasteiger partial charge in [0.2, 0.25) is 0 Å². The van der Waals surface area contributed by atoms with E-state index in [0.29, 0.717) is 0 Å². The number of hydrogen-bond acceptors (Lipinski definition) is 4. The predicted octanol–water partition coefficient (Wildman–Crippen LogP) is -5.31. The van der Waals surface area contributed by atoms with Gasteiger partial charge in [0.25, 0.3) is 0 Å². The van der Waals surface area contributed by atoms with Crippen LogP contribution >= 0.6 is 0 Å². The first-order valence-corrected chi connectivity index (χ1v) is 1.97. The van der Waals surface area contributed by atoms with Gasteiger partial charge in [-0.3, -0.25) is 10.1 Å². The first kappa shape index (κ1) is 15.9.